The van der Waals surface area contributed by atoms with E-state index in [9.17, 15) is 4.79 Å². The zero-order chi connectivity index (χ0) is 10.7. The highest BCUT2D eigenvalue weighted by molar-refractivity contribution is 9.10. The molecule has 0 aliphatic heterocycles. The van der Waals surface area contributed by atoms with Gasteiger partial charge in [0.1, 0.15) is 0 Å². The molecule has 0 aliphatic rings. The molecule has 4 nitrogen and oxygen atoms in total. The van der Waals surface area contributed by atoms with Crippen LogP contribution in [0.25, 0.3) is 0 Å². The zero-order valence-corrected chi connectivity index (χ0v) is 9.76. The molecule has 1 aromatic rings. The van der Waals surface area contributed by atoms with Crippen molar-refractivity contribution in [2.75, 3.05) is 0 Å². The van der Waals surface area contributed by atoms with Gasteiger partial charge in [-0.05, 0) is 28.3 Å². The van der Waals surface area contributed by atoms with Crippen molar-refractivity contribution in [3.8, 4) is 0 Å². The fourth-order valence-electron chi connectivity index (χ4n) is 1.29. The van der Waals surface area contributed by atoms with Gasteiger partial charge in [0.15, 0.2) is 4.73 Å². The Morgan fingerprint density at radius 3 is 2.79 bits per heavy atom. The molecule has 0 amide bonds. The van der Waals surface area contributed by atoms with Crippen molar-refractivity contribution in [2.24, 2.45) is 0 Å². The Bertz CT molecular complexity index is 334. The molecule has 2 N–H and O–H groups in total. The molecule has 0 atom stereocenters. The Labute approximate surface area is 90.9 Å². The van der Waals surface area contributed by atoms with Gasteiger partial charge in [-0.3, -0.25) is 4.79 Å². The van der Waals surface area contributed by atoms with Crippen LogP contribution in [0.2, 0.25) is 0 Å². The minimum Gasteiger partial charge on any atom is -0.481 e. The quantitative estimate of drug-likeness (QED) is 0.874. The molecule has 0 radical (unpaired) electrons. The highest BCUT2D eigenvalue weighted by atomic mass is 79.9. The van der Waals surface area contributed by atoms with E-state index in [1.165, 1.54) is 0 Å². The van der Waals surface area contributed by atoms with Crippen molar-refractivity contribution in [1.82, 2.24) is 9.97 Å². The predicted molar refractivity (Wildman–Crippen MR) is 56.3 cm³/mol. The van der Waals surface area contributed by atoms with E-state index in [2.05, 4.69) is 25.9 Å². The average molecular weight is 261 g/mol. The number of nitrogens with zero attached hydrogens (tertiary/aromatic N) is 1. The molecule has 14 heavy (non-hydrogen) atoms. The molecule has 0 spiro atoms. The number of nitrogens with one attached hydrogen (secondary N) is 1. The zero-order valence-electron chi connectivity index (χ0n) is 8.17. The number of hydrogen-bond acceptors (Lipinski definition) is 2. The maximum atomic E-state index is 10.4. The molecule has 0 aliphatic carbocycles. The molecule has 0 unspecified atom stereocenters. The molecule has 1 aromatic heterocycles. The second kappa shape index (κ2) is 4.59. The van der Waals surface area contributed by atoms with Crippen molar-refractivity contribution in [1.29, 1.82) is 0 Å². The molecule has 0 saturated heterocycles. The minimum atomic E-state index is -0.787. The van der Waals surface area contributed by atoms with E-state index in [4.69, 9.17) is 5.11 Å². The summed E-state index contributed by atoms with van der Waals surface area (Å²) in [6.45, 7) is 4.07. The highest BCUT2D eigenvalue weighted by Gasteiger charge is 2.12. The third-order valence-electron chi connectivity index (χ3n) is 1.92. The lowest BCUT2D eigenvalue weighted by Gasteiger charge is -2.03. The molecule has 78 valence electrons. The van der Waals surface area contributed by atoms with E-state index < -0.39 is 5.97 Å². The van der Waals surface area contributed by atoms with Gasteiger partial charge >= 0.3 is 5.97 Å². The Kier molecular flexibility index (Phi) is 3.69. The van der Waals surface area contributed by atoms with Crippen LogP contribution in [0.4, 0.5) is 0 Å². The van der Waals surface area contributed by atoms with Gasteiger partial charge in [0, 0.05) is 5.69 Å². The predicted octanol–water partition coefficient (Wildman–Crippen LogP) is 2.31. The van der Waals surface area contributed by atoms with Crippen LogP contribution in [0.15, 0.2) is 4.73 Å². The summed E-state index contributed by atoms with van der Waals surface area (Å²) in [5.41, 5.74) is 1.85. The number of aromatic nitrogens is 2. The summed E-state index contributed by atoms with van der Waals surface area (Å²) in [6.07, 6.45) is 0.635. The lowest BCUT2D eigenvalue weighted by atomic mass is 10.1. The summed E-state index contributed by atoms with van der Waals surface area (Å²) < 4.78 is 0.668. The number of carbonyl (C=O) groups is 1. The number of halogens is 1. The van der Waals surface area contributed by atoms with Crippen LogP contribution in [0.1, 0.15) is 37.6 Å². The Morgan fingerprint density at radius 2 is 2.29 bits per heavy atom. The molecule has 1 rings (SSSR count). The fraction of sp³-hybridized carbons (Fsp3) is 0.556. The first kappa shape index (κ1) is 11.2. The van der Waals surface area contributed by atoms with Gasteiger partial charge < -0.3 is 10.1 Å². The van der Waals surface area contributed by atoms with Crippen molar-refractivity contribution < 1.29 is 9.90 Å². The average Bonchev–Trinajstić information content (AvgIpc) is 2.43. The summed E-state index contributed by atoms with van der Waals surface area (Å²) in [5, 5.41) is 8.57. The summed E-state index contributed by atoms with van der Waals surface area (Å²) in [7, 11) is 0. The maximum Gasteiger partial charge on any atom is 0.303 e. The van der Waals surface area contributed by atoms with Crippen molar-refractivity contribution in [2.45, 2.75) is 32.6 Å². The number of aromatic amines is 1. The normalized spacial score (nSPS) is 10.9. The van der Waals surface area contributed by atoms with Crippen LogP contribution in [-0.2, 0) is 11.2 Å². The molecule has 0 aromatic carbocycles. The Morgan fingerprint density at radius 1 is 1.64 bits per heavy atom. The fourth-order valence-corrected chi connectivity index (χ4v) is 1.72. The second-order valence-corrected chi connectivity index (χ2v) is 4.19. The van der Waals surface area contributed by atoms with Gasteiger partial charge in [0.2, 0.25) is 0 Å². The summed E-state index contributed by atoms with van der Waals surface area (Å²) >= 11 is 3.24. The van der Waals surface area contributed by atoms with Gasteiger partial charge in [-0.2, -0.15) is 0 Å². The first-order chi connectivity index (χ1) is 6.50. The molecule has 1 heterocycles. The standard InChI is InChI=1S/C9H13BrN2O2/c1-5(2)8-6(3-4-7(13)14)11-9(10)12-8/h5H,3-4H2,1-2H3,(H,11,12)(H,13,14). The first-order valence-corrected chi connectivity index (χ1v) is 5.26. The van der Waals surface area contributed by atoms with E-state index in [1.54, 1.807) is 0 Å². The van der Waals surface area contributed by atoms with Crippen molar-refractivity contribution in [3.63, 3.8) is 0 Å². The highest BCUT2D eigenvalue weighted by Crippen LogP contribution is 2.20. The molecular weight excluding hydrogens is 248 g/mol. The molecule has 0 saturated carbocycles. The topological polar surface area (TPSA) is 66.0 Å². The van der Waals surface area contributed by atoms with Gasteiger partial charge in [0.05, 0.1) is 12.1 Å². The molecular formula is C9H13BrN2O2. The minimum absolute atomic E-state index is 0.133. The lowest BCUT2D eigenvalue weighted by Crippen LogP contribution is -2.01. The first-order valence-electron chi connectivity index (χ1n) is 4.46. The van der Waals surface area contributed by atoms with Crippen molar-refractivity contribution >= 4 is 21.9 Å². The molecule has 5 heteroatoms. The van der Waals surface area contributed by atoms with Crippen LogP contribution in [0, 0.1) is 0 Å². The SMILES string of the molecule is CC(C)c1nc(Br)[nH]c1CCC(=O)O. The Hall–Kier alpha value is -0.840. The van der Waals surface area contributed by atoms with Gasteiger partial charge in [-0.1, -0.05) is 13.8 Å². The number of aliphatic carboxylic acids is 1. The van der Waals surface area contributed by atoms with E-state index in [1.807, 2.05) is 13.8 Å². The van der Waals surface area contributed by atoms with Crippen LogP contribution < -0.4 is 0 Å². The smallest absolute Gasteiger partial charge is 0.303 e. The van der Waals surface area contributed by atoms with Gasteiger partial charge in [-0.15, -0.1) is 0 Å². The monoisotopic (exact) mass is 260 g/mol. The number of H-pyrrole nitrogens is 1. The summed E-state index contributed by atoms with van der Waals surface area (Å²) in [5.74, 6) is -0.480. The third-order valence-corrected chi connectivity index (χ3v) is 2.29. The number of carboxylic acids is 1. The van der Waals surface area contributed by atoms with Crippen LogP contribution >= 0.6 is 15.9 Å². The largest absolute Gasteiger partial charge is 0.481 e. The van der Waals surface area contributed by atoms with Crippen LogP contribution in [-0.4, -0.2) is 21.0 Å². The molecule has 0 fully saturated rings. The number of carboxylic acid groups (broad SMARTS) is 1. The summed E-state index contributed by atoms with van der Waals surface area (Å²) in [4.78, 5) is 17.7. The summed E-state index contributed by atoms with van der Waals surface area (Å²) in [6, 6.07) is 0. The lowest BCUT2D eigenvalue weighted by molar-refractivity contribution is -0.136. The van der Waals surface area contributed by atoms with Gasteiger partial charge in [0.25, 0.3) is 0 Å². The van der Waals surface area contributed by atoms with Crippen LogP contribution in [0.5, 0.6) is 0 Å². The van der Waals surface area contributed by atoms with E-state index >= 15 is 0 Å². The molecule has 0 bridgehead atoms. The number of aryl methyl sites for hydroxylation is 1. The van der Waals surface area contributed by atoms with E-state index in [0.29, 0.717) is 17.1 Å². The third kappa shape index (κ3) is 2.83. The van der Waals surface area contributed by atoms with E-state index in [0.717, 1.165) is 11.4 Å². The number of rotatable bonds is 4. The number of imidazole rings is 1. The maximum absolute atomic E-state index is 10.4. The van der Waals surface area contributed by atoms with Gasteiger partial charge in [-0.25, -0.2) is 4.98 Å². The second-order valence-electron chi connectivity index (χ2n) is 3.44. The Balaban J connectivity index is 2.79. The van der Waals surface area contributed by atoms with Crippen molar-refractivity contribution in [3.05, 3.63) is 16.1 Å². The van der Waals surface area contributed by atoms with Crippen LogP contribution in [0.3, 0.4) is 0 Å². The number of hydrogen-bond donors (Lipinski definition) is 2. The van der Waals surface area contributed by atoms with E-state index in [-0.39, 0.29) is 6.42 Å².